The number of aromatic nitrogens is 2. The third-order valence-corrected chi connectivity index (χ3v) is 3.10. The molecular weight excluding hydrogens is 327 g/mol. The zero-order valence-electron chi connectivity index (χ0n) is 13.7. The van der Waals surface area contributed by atoms with Gasteiger partial charge in [0, 0.05) is 0 Å². The predicted octanol–water partition coefficient (Wildman–Crippen LogP) is 2.50. The molecular formula is C14H18F3N5O2. The molecule has 1 unspecified atom stereocenters. The molecule has 0 saturated heterocycles. The molecule has 7 nitrogen and oxygen atoms in total. The first-order chi connectivity index (χ1) is 10.9. The number of anilines is 1. The molecule has 1 amide bonds. The predicted molar refractivity (Wildman–Crippen MR) is 80.6 cm³/mol. The van der Waals surface area contributed by atoms with Crippen molar-refractivity contribution >= 4 is 17.5 Å². The summed E-state index contributed by atoms with van der Waals surface area (Å²) in [5.41, 5.74) is -3.43. The van der Waals surface area contributed by atoms with E-state index in [1.807, 2.05) is 0 Å². The van der Waals surface area contributed by atoms with Gasteiger partial charge in [0.05, 0.1) is 24.6 Å². The summed E-state index contributed by atoms with van der Waals surface area (Å²) in [5.74, 6) is 0. The van der Waals surface area contributed by atoms with Gasteiger partial charge in [0.25, 0.3) is 0 Å². The molecule has 1 aliphatic rings. The van der Waals surface area contributed by atoms with Crippen molar-refractivity contribution in [2.75, 3.05) is 11.6 Å². The van der Waals surface area contributed by atoms with Crippen LogP contribution in [-0.4, -0.2) is 45.6 Å². The van der Waals surface area contributed by atoms with Crippen molar-refractivity contribution in [2.24, 2.45) is 5.10 Å². The van der Waals surface area contributed by atoms with Gasteiger partial charge >= 0.3 is 12.3 Å². The molecule has 0 saturated carbocycles. The topological polar surface area (TPSA) is 79.7 Å². The Morgan fingerprint density at radius 1 is 1.29 bits per heavy atom. The summed E-state index contributed by atoms with van der Waals surface area (Å²) in [6, 6.07) is 0. The molecule has 0 radical (unpaired) electrons. The number of nitrogens with zero attached hydrogens (tertiary/aromatic N) is 4. The number of hydrogen-bond donors (Lipinski definition) is 1. The highest BCUT2D eigenvalue weighted by atomic mass is 19.4. The second-order valence-corrected chi connectivity index (χ2v) is 6.56. The molecule has 2 rings (SSSR count). The lowest BCUT2D eigenvalue weighted by atomic mass is 9.96. The standard InChI is InChI=1S/C14H18F3N5O2/c1-12(2,3)24-11(23)20-13(4)7-22(9-5-18-8-19-6-9)21-10(13)14(15,16)17/h5-6,8H,7H2,1-4H3,(H,20,23). The molecule has 1 aliphatic heterocycles. The van der Waals surface area contributed by atoms with Crippen molar-refractivity contribution < 1.29 is 22.7 Å². The van der Waals surface area contributed by atoms with Gasteiger partial charge in [0.15, 0.2) is 5.71 Å². The molecule has 10 heteroatoms. The summed E-state index contributed by atoms with van der Waals surface area (Å²) in [7, 11) is 0. The average molecular weight is 345 g/mol. The molecule has 1 aromatic rings. The first-order valence-electron chi connectivity index (χ1n) is 7.11. The molecule has 0 spiro atoms. The van der Waals surface area contributed by atoms with Crippen LogP contribution in [0.1, 0.15) is 27.7 Å². The van der Waals surface area contributed by atoms with Crippen molar-refractivity contribution in [3.05, 3.63) is 18.7 Å². The number of carbonyl (C=O) groups is 1. The van der Waals surface area contributed by atoms with E-state index in [-0.39, 0.29) is 12.2 Å². The first kappa shape index (κ1) is 18.0. The number of amides is 1. The third-order valence-electron chi connectivity index (χ3n) is 3.10. The van der Waals surface area contributed by atoms with Crippen LogP contribution in [0.5, 0.6) is 0 Å². The minimum atomic E-state index is -4.71. The molecule has 1 atom stereocenters. The summed E-state index contributed by atoms with van der Waals surface area (Å²) in [6.07, 6.45) is -1.73. The second-order valence-electron chi connectivity index (χ2n) is 6.56. The van der Waals surface area contributed by atoms with Crippen LogP contribution in [0.2, 0.25) is 0 Å². The molecule has 0 aromatic carbocycles. The van der Waals surface area contributed by atoms with E-state index in [0.29, 0.717) is 0 Å². The number of halogens is 3. The minimum absolute atomic E-state index is 0.228. The van der Waals surface area contributed by atoms with Crippen LogP contribution in [0, 0.1) is 0 Å². The summed E-state index contributed by atoms with van der Waals surface area (Å²) in [6.45, 7) is 5.88. The van der Waals surface area contributed by atoms with E-state index in [2.05, 4.69) is 20.4 Å². The Bertz CT molecular complexity index is 642. The normalized spacial score (nSPS) is 21.5. The molecule has 1 aromatic heterocycles. The Morgan fingerprint density at radius 2 is 1.88 bits per heavy atom. The van der Waals surface area contributed by atoms with Gasteiger partial charge in [-0.2, -0.15) is 18.3 Å². The van der Waals surface area contributed by atoms with Crippen molar-refractivity contribution in [1.29, 1.82) is 0 Å². The highest BCUT2D eigenvalue weighted by molar-refractivity contribution is 6.02. The average Bonchev–Trinajstić information content (AvgIpc) is 2.75. The van der Waals surface area contributed by atoms with Gasteiger partial charge in [-0.25, -0.2) is 14.8 Å². The fourth-order valence-electron chi connectivity index (χ4n) is 2.21. The van der Waals surface area contributed by atoms with Gasteiger partial charge in [-0.05, 0) is 27.7 Å². The lowest BCUT2D eigenvalue weighted by molar-refractivity contribution is -0.0631. The summed E-state index contributed by atoms with van der Waals surface area (Å²) in [5, 5.41) is 6.98. The Morgan fingerprint density at radius 3 is 2.38 bits per heavy atom. The van der Waals surface area contributed by atoms with E-state index in [1.165, 1.54) is 25.6 Å². The molecule has 132 valence electrons. The van der Waals surface area contributed by atoms with Crippen LogP contribution in [0.25, 0.3) is 0 Å². The highest BCUT2D eigenvalue weighted by Crippen LogP contribution is 2.33. The van der Waals surface area contributed by atoms with E-state index >= 15 is 0 Å². The van der Waals surface area contributed by atoms with Crippen LogP contribution in [0.3, 0.4) is 0 Å². The molecule has 0 bridgehead atoms. The molecule has 1 N–H and O–H groups in total. The lowest BCUT2D eigenvalue weighted by Gasteiger charge is -2.30. The quantitative estimate of drug-likeness (QED) is 0.891. The van der Waals surface area contributed by atoms with Gasteiger partial charge in [0.2, 0.25) is 0 Å². The largest absolute Gasteiger partial charge is 0.444 e. The van der Waals surface area contributed by atoms with Crippen LogP contribution in [-0.2, 0) is 4.74 Å². The van der Waals surface area contributed by atoms with Crippen molar-refractivity contribution in [3.8, 4) is 0 Å². The Hall–Kier alpha value is -2.39. The van der Waals surface area contributed by atoms with E-state index < -0.39 is 29.1 Å². The number of alkyl carbamates (subject to hydrolysis) is 1. The van der Waals surface area contributed by atoms with Gasteiger partial charge in [-0.15, -0.1) is 0 Å². The van der Waals surface area contributed by atoms with Crippen LogP contribution < -0.4 is 10.3 Å². The molecule has 0 fully saturated rings. The summed E-state index contributed by atoms with van der Waals surface area (Å²) in [4.78, 5) is 19.5. The number of alkyl halides is 3. The van der Waals surface area contributed by atoms with Crippen LogP contribution in [0.4, 0.5) is 23.7 Å². The van der Waals surface area contributed by atoms with Gasteiger partial charge in [-0.3, -0.25) is 5.01 Å². The summed E-state index contributed by atoms with van der Waals surface area (Å²) >= 11 is 0. The van der Waals surface area contributed by atoms with Crippen molar-refractivity contribution in [1.82, 2.24) is 15.3 Å². The fraction of sp³-hybridized carbons (Fsp3) is 0.571. The molecule has 0 aliphatic carbocycles. The van der Waals surface area contributed by atoms with Gasteiger partial charge in [-0.1, -0.05) is 0 Å². The maximum Gasteiger partial charge on any atom is 0.433 e. The fourth-order valence-corrected chi connectivity index (χ4v) is 2.21. The van der Waals surface area contributed by atoms with E-state index in [0.717, 1.165) is 5.01 Å². The second kappa shape index (κ2) is 5.91. The maximum atomic E-state index is 13.4. The zero-order valence-corrected chi connectivity index (χ0v) is 13.7. The number of hydrazone groups is 1. The van der Waals surface area contributed by atoms with Crippen molar-refractivity contribution in [3.63, 3.8) is 0 Å². The SMILES string of the molecule is CC(C)(C)OC(=O)NC1(C)CN(c2cncnc2)N=C1C(F)(F)F. The Kier molecular flexibility index (Phi) is 4.42. The van der Waals surface area contributed by atoms with Crippen LogP contribution >= 0.6 is 0 Å². The summed E-state index contributed by atoms with van der Waals surface area (Å²) < 4.78 is 45.1. The number of carbonyl (C=O) groups excluding carboxylic acids is 1. The lowest BCUT2D eigenvalue weighted by Crippen LogP contribution is -2.58. The monoisotopic (exact) mass is 345 g/mol. The minimum Gasteiger partial charge on any atom is -0.444 e. The van der Waals surface area contributed by atoms with Gasteiger partial charge < -0.3 is 10.1 Å². The number of ether oxygens (including phenoxy) is 1. The highest BCUT2D eigenvalue weighted by Gasteiger charge is 2.54. The van der Waals surface area contributed by atoms with Gasteiger partial charge in [0.1, 0.15) is 17.5 Å². The number of nitrogens with one attached hydrogen (secondary N) is 1. The first-order valence-corrected chi connectivity index (χ1v) is 7.11. The maximum absolute atomic E-state index is 13.4. The molecule has 2 heterocycles. The smallest absolute Gasteiger partial charge is 0.433 e. The van der Waals surface area contributed by atoms with E-state index in [9.17, 15) is 18.0 Å². The zero-order chi connectivity index (χ0) is 18.2. The number of hydrogen-bond acceptors (Lipinski definition) is 6. The van der Waals surface area contributed by atoms with E-state index in [4.69, 9.17) is 4.74 Å². The molecule has 24 heavy (non-hydrogen) atoms. The number of rotatable bonds is 2. The Labute approximate surface area is 136 Å². The van der Waals surface area contributed by atoms with Crippen molar-refractivity contribution in [2.45, 2.75) is 45.0 Å². The van der Waals surface area contributed by atoms with E-state index in [1.54, 1.807) is 20.8 Å². The van der Waals surface area contributed by atoms with Crippen LogP contribution in [0.15, 0.2) is 23.8 Å². The Balaban J connectivity index is 2.28. The third kappa shape index (κ3) is 4.12.